The Morgan fingerprint density at radius 2 is 1.95 bits per heavy atom. The lowest BCUT2D eigenvalue weighted by Crippen LogP contribution is -2.44. The maximum atomic E-state index is 11.7. The second-order valence-corrected chi connectivity index (χ2v) is 5.75. The van der Waals surface area contributed by atoms with E-state index in [4.69, 9.17) is 14.7 Å². The average Bonchev–Trinajstić information content (AvgIpc) is 2.41. The second-order valence-electron chi connectivity index (χ2n) is 5.75. The molecule has 5 nitrogen and oxygen atoms in total. The van der Waals surface area contributed by atoms with Crippen molar-refractivity contribution in [2.75, 3.05) is 0 Å². The molecule has 1 aromatic carbocycles. The van der Waals surface area contributed by atoms with Gasteiger partial charge in [0.15, 0.2) is 0 Å². The van der Waals surface area contributed by atoms with E-state index in [2.05, 4.69) is 5.32 Å². The smallest absolute Gasteiger partial charge is 0.408 e. The SMILES string of the molecule is CC(OCc1ccccc1)C(C#N)NC(=O)OC(C)(C)C. The summed E-state index contributed by atoms with van der Waals surface area (Å²) in [5.41, 5.74) is 0.413. The van der Waals surface area contributed by atoms with Gasteiger partial charge in [0.1, 0.15) is 11.6 Å². The van der Waals surface area contributed by atoms with Crippen molar-refractivity contribution in [3.8, 4) is 6.07 Å². The summed E-state index contributed by atoms with van der Waals surface area (Å²) in [4.78, 5) is 11.7. The fourth-order valence-corrected chi connectivity index (χ4v) is 1.59. The number of carbonyl (C=O) groups is 1. The van der Waals surface area contributed by atoms with Gasteiger partial charge in [-0.1, -0.05) is 30.3 Å². The first-order valence-electron chi connectivity index (χ1n) is 6.86. The monoisotopic (exact) mass is 290 g/mol. The van der Waals surface area contributed by atoms with Gasteiger partial charge in [-0.2, -0.15) is 5.26 Å². The molecule has 1 amide bonds. The fourth-order valence-electron chi connectivity index (χ4n) is 1.59. The normalized spacial score (nSPS) is 13.9. The number of nitriles is 1. The number of rotatable bonds is 5. The Morgan fingerprint density at radius 3 is 2.48 bits per heavy atom. The van der Waals surface area contributed by atoms with E-state index in [1.807, 2.05) is 36.4 Å². The molecule has 0 aliphatic rings. The highest BCUT2D eigenvalue weighted by molar-refractivity contribution is 5.68. The summed E-state index contributed by atoms with van der Waals surface area (Å²) in [6, 6.07) is 10.9. The van der Waals surface area contributed by atoms with Crippen LogP contribution in [0.1, 0.15) is 33.3 Å². The minimum atomic E-state index is -0.761. The quantitative estimate of drug-likeness (QED) is 0.904. The average molecular weight is 290 g/mol. The second kappa shape index (κ2) is 7.65. The Labute approximate surface area is 125 Å². The van der Waals surface area contributed by atoms with Crippen molar-refractivity contribution in [3.05, 3.63) is 35.9 Å². The number of alkyl carbamates (subject to hydrolysis) is 1. The van der Waals surface area contributed by atoms with Crippen LogP contribution in [0.3, 0.4) is 0 Å². The van der Waals surface area contributed by atoms with Crippen LogP contribution in [0, 0.1) is 11.3 Å². The molecule has 0 aliphatic heterocycles. The number of nitrogens with zero attached hydrogens (tertiary/aromatic N) is 1. The summed E-state index contributed by atoms with van der Waals surface area (Å²) in [6.07, 6.45) is -1.06. The standard InChI is InChI=1S/C16H22N2O3/c1-12(20-11-13-8-6-5-7-9-13)14(10-17)18-15(19)21-16(2,3)4/h5-9,12,14H,11H2,1-4H3,(H,18,19). The van der Waals surface area contributed by atoms with E-state index in [1.165, 1.54) is 0 Å². The third-order valence-corrected chi connectivity index (χ3v) is 2.64. The predicted molar refractivity (Wildman–Crippen MR) is 79.5 cm³/mol. The van der Waals surface area contributed by atoms with Gasteiger partial charge in [-0.15, -0.1) is 0 Å². The van der Waals surface area contributed by atoms with E-state index >= 15 is 0 Å². The van der Waals surface area contributed by atoms with Gasteiger partial charge in [-0.25, -0.2) is 4.79 Å². The largest absolute Gasteiger partial charge is 0.444 e. The zero-order valence-corrected chi connectivity index (χ0v) is 12.9. The van der Waals surface area contributed by atoms with Crippen molar-refractivity contribution in [1.82, 2.24) is 5.32 Å². The van der Waals surface area contributed by atoms with Gasteiger partial charge < -0.3 is 14.8 Å². The van der Waals surface area contributed by atoms with Gasteiger partial charge in [0.2, 0.25) is 0 Å². The maximum absolute atomic E-state index is 11.7. The molecule has 0 aromatic heterocycles. The Kier molecular flexibility index (Phi) is 6.19. The zero-order chi connectivity index (χ0) is 15.9. The lowest BCUT2D eigenvalue weighted by Gasteiger charge is -2.23. The van der Waals surface area contributed by atoms with Crippen LogP contribution in [0.5, 0.6) is 0 Å². The molecule has 0 spiro atoms. The van der Waals surface area contributed by atoms with Crippen LogP contribution in [0.4, 0.5) is 4.79 Å². The number of amides is 1. The third kappa shape index (κ3) is 6.77. The highest BCUT2D eigenvalue weighted by Gasteiger charge is 2.23. The topological polar surface area (TPSA) is 71.3 Å². The minimum Gasteiger partial charge on any atom is -0.444 e. The number of benzene rings is 1. The van der Waals surface area contributed by atoms with Gasteiger partial charge in [-0.3, -0.25) is 0 Å². The number of nitrogens with one attached hydrogen (secondary N) is 1. The van der Waals surface area contributed by atoms with E-state index < -0.39 is 23.8 Å². The van der Waals surface area contributed by atoms with Gasteiger partial charge in [-0.05, 0) is 33.3 Å². The van der Waals surface area contributed by atoms with Crippen molar-refractivity contribution < 1.29 is 14.3 Å². The van der Waals surface area contributed by atoms with Crippen molar-refractivity contribution in [3.63, 3.8) is 0 Å². The van der Waals surface area contributed by atoms with Crippen LogP contribution in [-0.4, -0.2) is 23.8 Å². The molecule has 0 bridgehead atoms. The summed E-state index contributed by atoms with van der Waals surface area (Å²) in [5.74, 6) is 0. The molecule has 0 heterocycles. The van der Waals surface area contributed by atoms with Gasteiger partial charge in [0.05, 0.1) is 18.8 Å². The minimum absolute atomic E-state index is 0.385. The van der Waals surface area contributed by atoms with Crippen LogP contribution in [0.15, 0.2) is 30.3 Å². The highest BCUT2D eigenvalue weighted by atomic mass is 16.6. The first-order valence-corrected chi connectivity index (χ1v) is 6.86. The molecule has 1 aromatic rings. The van der Waals surface area contributed by atoms with Crippen molar-refractivity contribution in [1.29, 1.82) is 5.26 Å². The molecule has 114 valence electrons. The lowest BCUT2D eigenvalue weighted by atomic mass is 10.2. The maximum Gasteiger partial charge on any atom is 0.408 e. The molecular weight excluding hydrogens is 268 g/mol. The molecule has 0 saturated carbocycles. The predicted octanol–water partition coefficient (Wildman–Crippen LogP) is 3.01. The number of hydrogen-bond donors (Lipinski definition) is 1. The third-order valence-electron chi connectivity index (χ3n) is 2.64. The van der Waals surface area contributed by atoms with E-state index in [0.29, 0.717) is 6.61 Å². The Morgan fingerprint density at radius 1 is 1.33 bits per heavy atom. The van der Waals surface area contributed by atoms with E-state index in [9.17, 15) is 4.79 Å². The van der Waals surface area contributed by atoms with Gasteiger partial charge in [0.25, 0.3) is 0 Å². The number of ether oxygens (including phenoxy) is 2. The van der Waals surface area contributed by atoms with Crippen molar-refractivity contribution >= 4 is 6.09 Å². The van der Waals surface area contributed by atoms with Crippen molar-refractivity contribution in [2.24, 2.45) is 0 Å². The fraction of sp³-hybridized carbons (Fsp3) is 0.500. The Bertz CT molecular complexity index is 488. The first-order chi connectivity index (χ1) is 9.81. The first kappa shape index (κ1) is 17.0. The number of hydrogen-bond acceptors (Lipinski definition) is 4. The molecule has 21 heavy (non-hydrogen) atoms. The van der Waals surface area contributed by atoms with Crippen molar-refractivity contribution in [2.45, 2.75) is 52.0 Å². The lowest BCUT2D eigenvalue weighted by molar-refractivity contribution is 0.0245. The zero-order valence-electron chi connectivity index (χ0n) is 12.9. The Balaban J connectivity index is 2.48. The summed E-state index contributed by atoms with van der Waals surface area (Å²) < 4.78 is 10.7. The number of carbonyl (C=O) groups excluding carboxylic acids is 1. The van der Waals surface area contributed by atoms with Gasteiger partial charge in [0, 0.05) is 0 Å². The van der Waals surface area contributed by atoms with E-state index in [-0.39, 0.29) is 0 Å². The summed E-state index contributed by atoms with van der Waals surface area (Å²) in [5, 5.41) is 11.7. The summed E-state index contributed by atoms with van der Waals surface area (Å²) >= 11 is 0. The molecule has 1 N–H and O–H groups in total. The van der Waals surface area contributed by atoms with Crippen LogP contribution >= 0.6 is 0 Å². The molecule has 0 aliphatic carbocycles. The van der Waals surface area contributed by atoms with Gasteiger partial charge >= 0.3 is 6.09 Å². The summed E-state index contributed by atoms with van der Waals surface area (Å²) in [6.45, 7) is 7.43. The molecule has 5 heteroatoms. The van der Waals surface area contributed by atoms with Crippen LogP contribution in [0.25, 0.3) is 0 Å². The Hall–Kier alpha value is -2.06. The van der Waals surface area contributed by atoms with E-state index in [1.54, 1.807) is 27.7 Å². The molecule has 0 saturated heterocycles. The van der Waals surface area contributed by atoms with Crippen LogP contribution in [-0.2, 0) is 16.1 Å². The molecular formula is C16H22N2O3. The highest BCUT2D eigenvalue weighted by Crippen LogP contribution is 2.09. The molecule has 0 radical (unpaired) electrons. The van der Waals surface area contributed by atoms with E-state index in [0.717, 1.165) is 5.56 Å². The molecule has 2 atom stereocenters. The van der Waals surface area contributed by atoms with Crippen LogP contribution in [0.2, 0.25) is 0 Å². The molecule has 1 rings (SSSR count). The molecule has 2 unspecified atom stereocenters. The summed E-state index contributed by atoms with van der Waals surface area (Å²) in [7, 11) is 0. The molecule has 0 fully saturated rings. The van der Waals surface area contributed by atoms with Crippen LogP contribution < -0.4 is 5.32 Å².